The monoisotopic (exact) mass is 477 g/mol. The van der Waals surface area contributed by atoms with E-state index in [2.05, 4.69) is 25.8 Å². The van der Waals surface area contributed by atoms with Crippen LogP contribution in [0.25, 0.3) is 0 Å². The van der Waals surface area contributed by atoms with Crippen LogP contribution in [0.1, 0.15) is 24.4 Å². The zero-order valence-electron chi connectivity index (χ0n) is 18.8. The van der Waals surface area contributed by atoms with Crippen LogP contribution in [0.15, 0.2) is 79.1 Å². The fourth-order valence-electron chi connectivity index (χ4n) is 4.07. The Bertz CT molecular complexity index is 1070. The molecule has 0 aliphatic carbocycles. The fourth-order valence-corrected chi connectivity index (χ4v) is 4.20. The van der Waals surface area contributed by atoms with E-state index in [1.54, 1.807) is 36.7 Å². The zero-order chi connectivity index (χ0) is 23.8. The number of nitrogens with zero attached hydrogens (tertiary/aromatic N) is 2. The molecule has 3 amide bonds. The van der Waals surface area contributed by atoms with E-state index in [9.17, 15) is 9.59 Å². The van der Waals surface area contributed by atoms with Gasteiger partial charge in [0.1, 0.15) is 6.04 Å². The predicted molar refractivity (Wildman–Crippen MR) is 135 cm³/mol. The van der Waals surface area contributed by atoms with Crippen LogP contribution in [0.2, 0.25) is 5.02 Å². The van der Waals surface area contributed by atoms with Gasteiger partial charge in [0.25, 0.3) is 0 Å². The van der Waals surface area contributed by atoms with Crippen LogP contribution in [0.5, 0.6) is 0 Å². The first-order valence-corrected chi connectivity index (χ1v) is 11.8. The largest absolute Gasteiger partial charge is 0.371 e. The smallest absolute Gasteiger partial charge is 0.320 e. The van der Waals surface area contributed by atoms with Crippen LogP contribution in [0.3, 0.4) is 0 Å². The molecule has 4 rings (SSSR count). The fraction of sp³-hybridized carbons (Fsp3) is 0.269. The molecule has 8 heteroatoms. The molecule has 0 bridgehead atoms. The Hall–Kier alpha value is -3.58. The third-order valence-electron chi connectivity index (χ3n) is 5.98. The summed E-state index contributed by atoms with van der Waals surface area (Å²) in [7, 11) is 0. The molecule has 7 nitrogen and oxygen atoms in total. The van der Waals surface area contributed by atoms with Crippen molar-refractivity contribution in [2.75, 3.05) is 29.9 Å². The number of nitrogens with one attached hydrogen (secondary N) is 3. The van der Waals surface area contributed by atoms with Crippen LogP contribution in [0.4, 0.5) is 16.2 Å². The van der Waals surface area contributed by atoms with E-state index in [-0.39, 0.29) is 5.91 Å². The molecular weight excluding hydrogens is 450 g/mol. The first-order chi connectivity index (χ1) is 16.6. The molecule has 1 fully saturated rings. The lowest BCUT2D eigenvalue weighted by atomic mass is 9.96. The molecule has 1 aliphatic rings. The molecule has 1 aromatic heterocycles. The number of aromatic nitrogens is 1. The van der Waals surface area contributed by atoms with Crippen molar-refractivity contribution in [2.24, 2.45) is 5.92 Å². The standard InChI is InChI=1S/C26H28ClN5O2/c27-21-6-8-22(9-7-21)30-26(34)31-24(20-4-2-1-3-5-20)25(33)29-18-19-12-16-32(17-13-19)23-10-14-28-15-11-23/h1-11,14-15,19,24H,12-13,16-18H2,(H,29,33)(H2,30,31,34)/t24-/m0/s1. The van der Waals surface area contributed by atoms with Crippen molar-refractivity contribution in [2.45, 2.75) is 18.9 Å². The van der Waals surface area contributed by atoms with Crippen molar-refractivity contribution >= 4 is 34.9 Å². The number of carbonyl (C=O) groups is 2. The van der Waals surface area contributed by atoms with E-state index in [0.29, 0.717) is 23.2 Å². The molecule has 176 valence electrons. The molecule has 2 heterocycles. The van der Waals surface area contributed by atoms with E-state index in [1.807, 2.05) is 42.5 Å². The third kappa shape index (κ3) is 6.48. The van der Waals surface area contributed by atoms with Gasteiger partial charge < -0.3 is 20.9 Å². The van der Waals surface area contributed by atoms with Crippen molar-refractivity contribution in [1.82, 2.24) is 15.6 Å². The topological polar surface area (TPSA) is 86.4 Å². The minimum atomic E-state index is -0.801. The Labute approximate surface area is 204 Å². The molecule has 1 atom stereocenters. The second-order valence-corrected chi connectivity index (χ2v) is 8.77. The van der Waals surface area contributed by atoms with Gasteiger partial charge in [0.15, 0.2) is 0 Å². The molecule has 3 aromatic rings. The van der Waals surface area contributed by atoms with E-state index in [4.69, 9.17) is 11.6 Å². The van der Waals surface area contributed by atoms with Crippen molar-refractivity contribution in [3.63, 3.8) is 0 Å². The molecule has 1 aliphatic heterocycles. The lowest BCUT2D eigenvalue weighted by Gasteiger charge is -2.33. The second kappa shape index (κ2) is 11.5. The second-order valence-electron chi connectivity index (χ2n) is 8.33. The predicted octanol–water partition coefficient (Wildman–Crippen LogP) is 4.63. The van der Waals surface area contributed by atoms with Crippen LogP contribution in [0, 0.1) is 5.92 Å². The van der Waals surface area contributed by atoms with Gasteiger partial charge in [-0.2, -0.15) is 0 Å². The maximum Gasteiger partial charge on any atom is 0.320 e. The van der Waals surface area contributed by atoms with E-state index >= 15 is 0 Å². The number of carbonyl (C=O) groups excluding carboxylic acids is 2. The van der Waals surface area contributed by atoms with Gasteiger partial charge in [-0.15, -0.1) is 0 Å². The van der Waals surface area contributed by atoms with Crippen LogP contribution in [-0.2, 0) is 4.79 Å². The number of halogens is 1. The number of piperidine rings is 1. The first-order valence-electron chi connectivity index (χ1n) is 11.4. The SMILES string of the molecule is O=C(Nc1ccc(Cl)cc1)N[C@H](C(=O)NCC1CCN(c2ccncc2)CC1)c1ccccc1. The normalized spacial score (nSPS) is 14.8. The highest BCUT2D eigenvalue weighted by atomic mass is 35.5. The van der Waals surface area contributed by atoms with Crippen LogP contribution in [-0.4, -0.2) is 36.6 Å². The first kappa shape index (κ1) is 23.6. The summed E-state index contributed by atoms with van der Waals surface area (Å²) in [5.41, 5.74) is 2.49. The van der Waals surface area contributed by atoms with Gasteiger partial charge in [-0.05, 0) is 60.7 Å². The highest BCUT2D eigenvalue weighted by Gasteiger charge is 2.25. The van der Waals surface area contributed by atoms with Crippen LogP contribution < -0.4 is 20.9 Å². The minimum Gasteiger partial charge on any atom is -0.371 e. The number of amides is 3. The van der Waals surface area contributed by atoms with Gasteiger partial charge in [0.2, 0.25) is 5.91 Å². The quantitative estimate of drug-likeness (QED) is 0.463. The molecule has 34 heavy (non-hydrogen) atoms. The molecule has 0 spiro atoms. The van der Waals surface area contributed by atoms with Crippen molar-refractivity contribution in [3.05, 3.63) is 89.7 Å². The zero-order valence-corrected chi connectivity index (χ0v) is 19.5. The lowest BCUT2D eigenvalue weighted by Crippen LogP contribution is -2.44. The molecular formula is C26H28ClN5O2. The van der Waals surface area contributed by atoms with Gasteiger partial charge in [-0.3, -0.25) is 9.78 Å². The van der Waals surface area contributed by atoms with Crippen molar-refractivity contribution in [1.29, 1.82) is 0 Å². The number of pyridine rings is 1. The van der Waals surface area contributed by atoms with Crippen molar-refractivity contribution in [3.8, 4) is 0 Å². The highest BCUT2D eigenvalue weighted by molar-refractivity contribution is 6.30. The summed E-state index contributed by atoms with van der Waals surface area (Å²) in [6.07, 6.45) is 5.59. The summed E-state index contributed by atoms with van der Waals surface area (Å²) in [5.74, 6) is 0.162. The Morgan fingerprint density at radius 2 is 1.65 bits per heavy atom. The summed E-state index contributed by atoms with van der Waals surface area (Å²) in [4.78, 5) is 32.2. The van der Waals surface area contributed by atoms with Gasteiger partial charge in [0, 0.05) is 48.4 Å². The van der Waals surface area contributed by atoms with Gasteiger partial charge >= 0.3 is 6.03 Å². The van der Waals surface area contributed by atoms with Gasteiger partial charge in [-0.25, -0.2) is 4.79 Å². The van der Waals surface area contributed by atoms with E-state index < -0.39 is 12.1 Å². The summed E-state index contributed by atoms with van der Waals surface area (Å²) < 4.78 is 0. The Balaban J connectivity index is 1.33. The number of anilines is 2. The van der Waals surface area contributed by atoms with Crippen molar-refractivity contribution < 1.29 is 9.59 Å². The number of rotatable bonds is 7. The maximum atomic E-state index is 13.1. The average molecular weight is 478 g/mol. The lowest BCUT2D eigenvalue weighted by molar-refractivity contribution is -0.123. The summed E-state index contributed by atoms with van der Waals surface area (Å²) >= 11 is 5.91. The number of hydrogen-bond acceptors (Lipinski definition) is 4. The number of urea groups is 1. The number of benzene rings is 2. The summed E-state index contributed by atoms with van der Waals surface area (Å²) in [6, 6.07) is 18.8. The average Bonchev–Trinajstić information content (AvgIpc) is 2.88. The number of hydrogen-bond donors (Lipinski definition) is 3. The highest BCUT2D eigenvalue weighted by Crippen LogP contribution is 2.23. The molecule has 2 aromatic carbocycles. The van der Waals surface area contributed by atoms with Gasteiger partial charge in [0.05, 0.1) is 0 Å². The van der Waals surface area contributed by atoms with Crippen LogP contribution >= 0.6 is 11.6 Å². The maximum absolute atomic E-state index is 13.1. The Morgan fingerprint density at radius 1 is 0.971 bits per heavy atom. The molecule has 1 saturated heterocycles. The summed E-state index contributed by atoms with van der Waals surface area (Å²) in [5, 5.41) is 9.19. The van der Waals surface area contributed by atoms with E-state index in [1.165, 1.54) is 5.69 Å². The van der Waals surface area contributed by atoms with E-state index in [0.717, 1.165) is 31.5 Å². The molecule has 0 unspecified atom stereocenters. The Morgan fingerprint density at radius 3 is 2.32 bits per heavy atom. The summed E-state index contributed by atoms with van der Waals surface area (Å²) in [6.45, 7) is 2.45. The third-order valence-corrected chi connectivity index (χ3v) is 6.23. The molecule has 0 saturated carbocycles. The molecule has 3 N–H and O–H groups in total. The van der Waals surface area contributed by atoms with Gasteiger partial charge in [-0.1, -0.05) is 41.9 Å². The molecule has 0 radical (unpaired) electrons. The Kier molecular flexibility index (Phi) is 7.99. The minimum absolute atomic E-state index is 0.228.